The van der Waals surface area contributed by atoms with E-state index in [0.717, 1.165) is 12.8 Å². The minimum atomic E-state index is -0.0712. The molecule has 0 atom stereocenters. The molecule has 14 heavy (non-hydrogen) atoms. The highest BCUT2D eigenvalue weighted by Crippen LogP contribution is 2.06. The van der Waals surface area contributed by atoms with E-state index in [-0.39, 0.29) is 11.9 Å². The van der Waals surface area contributed by atoms with Crippen LogP contribution in [0.3, 0.4) is 0 Å². The second-order valence-corrected chi connectivity index (χ2v) is 3.01. The minimum absolute atomic E-state index is 0.0712. The van der Waals surface area contributed by atoms with Crippen LogP contribution in [0, 0.1) is 0 Å². The van der Waals surface area contributed by atoms with Gasteiger partial charge in [0.05, 0.1) is 0 Å². The van der Waals surface area contributed by atoms with E-state index in [0.29, 0.717) is 18.7 Å². The van der Waals surface area contributed by atoms with Crippen LogP contribution in [0.1, 0.15) is 39.0 Å². The molecule has 0 spiro atoms. The van der Waals surface area contributed by atoms with Crippen molar-refractivity contribution in [3.8, 4) is 0 Å². The van der Waals surface area contributed by atoms with Crippen molar-refractivity contribution in [3.63, 3.8) is 0 Å². The van der Waals surface area contributed by atoms with Gasteiger partial charge in [0.15, 0.2) is 0 Å². The molecule has 0 bridgehead atoms. The van der Waals surface area contributed by atoms with Crippen LogP contribution >= 0.6 is 0 Å². The molecule has 0 unspecified atom stereocenters. The van der Waals surface area contributed by atoms with Crippen molar-refractivity contribution in [2.75, 3.05) is 5.32 Å². The largest absolute Gasteiger partial charge is 0.408 e. The van der Waals surface area contributed by atoms with E-state index < -0.39 is 0 Å². The Bertz CT molecular complexity index is 296. The van der Waals surface area contributed by atoms with E-state index in [2.05, 4.69) is 15.5 Å². The number of hydrogen-bond acceptors (Lipinski definition) is 4. The predicted molar refractivity (Wildman–Crippen MR) is 51.8 cm³/mol. The molecule has 78 valence electrons. The summed E-state index contributed by atoms with van der Waals surface area (Å²) in [5.74, 6) is 0.467. The molecule has 0 fully saturated rings. The molecule has 1 aromatic heterocycles. The molecule has 1 aromatic rings. The van der Waals surface area contributed by atoms with Gasteiger partial charge in [-0.05, 0) is 6.42 Å². The van der Waals surface area contributed by atoms with E-state index in [1.165, 1.54) is 0 Å². The van der Waals surface area contributed by atoms with Crippen molar-refractivity contribution in [2.24, 2.45) is 0 Å². The topological polar surface area (TPSA) is 68.0 Å². The molecule has 1 N–H and O–H groups in total. The molecule has 1 rings (SSSR count). The Morgan fingerprint density at radius 3 is 2.79 bits per heavy atom. The van der Waals surface area contributed by atoms with Gasteiger partial charge in [-0.1, -0.05) is 25.4 Å². The lowest BCUT2D eigenvalue weighted by Crippen LogP contribution is -2.11. The number of anilines is 1. The normalized spacial score (nSPS) is 10.1. The van der Waals surface area contributed by atoms with Gasteiger partial charge in [0.2, 0.25) is 11.8 Å². The minimum Gasteiger partial charge on any atom is -0.408 e. The summed E-state index contributed by atoms with van der Waals surface area (Å²) in [6.07, 6.45) is 3.05. The lowest BCUT2D eigenvalue weighted by atomic mass is 10.2. The van der Waals surface area contributed by atoms with Gasteiger partial charge in [0.25, 0.3) is 0 Å². The van der Waals surface area contributed by atoms with Gasteiger partial charge in [-0.25, -0.2) is 0 Å². The van der Waals surface area contributed by atoms with Gasteiger partial charge >= 0.3 is 6.01 Å². The number of hydrogen-bond donors (Lipinski definition) is 1. The first-order valence-corrected chi connectivity index (χ1v) is 4.88. The van der Waals surface area contributed by atoms with Crippen LogP contribution in [0.25, 0.3) is 0 Å². The molecular weight excluding hydrogens is 182 g/mol. The van der Waals surface area contributed by atoms with Crippen molar-refractivity contribution in [1.82, 2.24) is 10.2 Å². The number of amides is 1. The summed E-state index contributed by atoms with van der Waals surface area (Å²) in [5, 5.41) is 9.98. The fourth-order valence-electron chi connectivity index (χ4n) is 0.966. The van der Waals surface area contributed by atoms with Crippen LogP contribution in [0.15, 0.2) is 4.42 Å². The molecular formula is C9H15N3O2. The third kappa shape index (κ3) is 3.16. The molecule has 5 heteroatoms. The lowest BCUT2D eigenvalue weighted by Gasteiger charge is -1.97. The monoisotopic (exact) mass is 197 g/mol. The summed E-state index contributed by atoms with van der Waals surface area (Å²) in [6.45, 7) is 3.95. The maximum absolute atomic E-state index is 11.2. The zero-order chi connectivity index (χ0) is 10.4. The number of unbranched alkanes of at least 4 members (excludes halogenated alkanes) is 1. The van der Waals surface area contributed by atoms with Gasteiger partial charge in [0.1, 0.15) is 0 Å². The maximum atomic E-state index is 11.2. The molecule has 0 aliphatic rings. The molecule has 1 amide bonds. The first-order valence-electron chi connectivity index (χ1n) is 4.88. The SMILES string of the molecule is CCCCC(=O)Nc1nnc(CC)o1. The number of nitrogens with zero attached hydrogens (tertiary/aromatic N) is 2. The molecule has 0 radical (unpaired) electrons. The lowest BCUT2D eigenvalue weighted by molar-refractivity contribution is -0.116. The van der Waals surface area contributed by atoms with E-state index >= 15 is 0 Å². The Kier molecular flexibility index (Phi) is 4.10. The molecule has 5 nitrogen and oxygen atoms in total. The molecule has 1 heterocycles. The van der Waals surface area contributed by atoms with E-state index in [1.807, 2.05) is 13.8 Å². The Labute approximate surface area is 82.9 Å². The van der Waals surface area contributed by atoms with Crippen LogP contribution in [0.4, 0.5) is 6.01 Å². The smallest absolute Gasteiger partial charge is 0.322 e. The van der Waals surface area contributed by atoms with Crippen LogP contribution in [0.2, 0.25) is 0 Å². The van der Waals surface area contributed by atoms with Gasteiger partial charge < -0.3 is 4.42 Å². The zero-order valence-corrected chi connectivity index (χ0v) is 8.54. The molecule has 0 aliphatic heterocycles. The summed E-state index contributed by atoms with van der Waals surface area (Å²) in [7, 11) is 0. The molecule has 0 saturated carbocycles. The third-order valence-electron chi connectivity index (χ3n) is 1.77. The Hall–Kier alpha value is -1.39. The Morgan fingerprint density at radius 1 is 1.43 bits per heavy atom. The number of rotatable bonds is 5. The number of carbonyl (C=O) groups is 1. The first kappa shape index (κ1) is 10.7. The quantitative estimate of drug-likeness (QED) is 0.780. The first-order chi connectivity index (χ1) is 6.76. The van der Waals surface area contributed by atoms with Crippen LogP contribution in [-0.4, -0.2) is 16.1 Å². The highest BCUT2D eigenvalue weighted by Gasteiger charge is 2.07. The molecule has 0 aliphatic carbocycles. The summed E-state index contributed by atoms with van der Waals surface area (Å²) in [6, 6.07) is 0.197. The van der Waals surface area contributed by atoms with Crippen LogP contribution in [-0.2, 0) is 11.2 Å². The van der Waals surface area contributed by atoms with Gasteiger partial charge in [-0.3, -0.25) is 10.1 Å². The second kappa shape index (κ2) is 5.36. The number of carbonyl (C=O) groups excluding carboxylic acids is 1. The molecule has 0 aromatic carbocycles. The zero-order valence-electron chi connectivity index (χ0n) is 8.54. The van der Waals surface area contributed by atoms with Crippen molar-refractivity contribution in [2.45, 2.75) is 39.5 Å². The molecule has 0 saturated heterocycles. The van der Waals surface area contributed by atoms with Gasteiger partial charge in [0, 0.05) is 12.8 Å². The van der Waals surface area contributed by atoms with Crippen molar-refractivity contribution in [1.29, 1.82) is 0 Å². The highest BCUT2D eigenvalue weighted by atomic mass is 16.4. The number of nitrogens with one attached hydrogen (secondary N) is 1. The Balaban J connectivity index is 2.39. The van der Waals surface area contributed by atoms with Crippen molar-refractivity contribution < 1.29 is 9.21 Å². The summed E-state index contributed by atoms with van der Waals surface area (Å²) in [5.41, 5.74) is 0. The van der Waals surface area contributed by atoms with Crippen LogP contribution in [0.5, 0.6) is 0 Å². The predicted octanol–water partition coefficient (Wildman–Crippen LogP) is 1.76. The third-order valence-corrected chi connectivity index (χ3v) is 1.77. The summed E-state index contributed by atoms with van der Waals surface area (Å²) < 4.78 is 5.13. The van der Waals surface area contributed by atoms with Crippen molar-refractivity contribution in [3.05, 3.63) is 5.89 Å². The van der Waals surface area contributed by atoms with Crippen molar-refractivity contribution >= 4 is 11.9 Å². The van der Waals surface area contributed by atoms with E-state index in [1.54, 1.807) is 0 Å². The summed E-state index contributed by atoms with van der Waals surface area (Å²) in [4.78, 5) is 11.2. The average Bonchev–Trinajstić information content (AvgIpc) is 2.62. The van der Waals surface area contributed by atoms with Crippen LogP contribution < -0.4 is 5.32 Å². The number of aromatic nitrogens is 2. The highest BCUT2D eigenvalue weighted by molar-refractivity contribution is 5.88. The average molecular weight is 197 g/mol. The second-order valence-electron chi connectivity index (χ2n) is 3.01. The summed E-state index contributed by atoms with van der Waals surface area (Å²) >= 11 is 0. The standard InChI is InChI=1S/C9H15N3O2/c1-3-5-6-7(13)10-9-12-11-8(4-2)14-9/h3-6H2,1-2H3,(H,10,12,13). The van der Waals surface area contributed by atoms with E-state index in [9.17, 15) is 4.79 Å². The fraction of sp³-hybridized carbons (Fsp3) is 0.667. The van der Waals surface area contributed by atoms with E-state index in [4.69, 9.17) is 4.42 Å². The Morgan fingerprint density at radius 2 is 2.21 bits per heavy atom. The van der Waals surface area contributed by atoms with Gasteiger partial charge in [-0.15, -0.1) is 5.10 Å². The maximum Gasteiger partial charge on any atom is 0.322 e. The number of aryl methyl sites for hydroxylation is 1. The fourth-order valence-corrected chi connectivity index (χ4v) is 0.966. The van der Waals surface area contributed by atoms with Gasteiger partial charge in [-0.2, -0.15) is 0 Å².